The molecule has 0 aromatic rings. The first-order valence-electron chi connectivity index (χ1n) is 11.3. The van der Waals surface area contributed by atoms with Crippen LogP contribution in [0.3, 0.4) is 0 Å². The minimum atomic E-state index is 0.393. The van der Waals surface area contributed by atoms with E-state index >= 15 is 0 Å². The summed E-state index contributed by atoms with van der Waals surface area (Å²) in [6, 6.07) is 0. The van der Waals surface area contributed by atoms with Crippen molar-refractivity contribution in [2.24, 2.45) is 0 Å². The van der Waals surface area contributed by atoms with Crippen LogP contribution in [0.4, 0.5) is 0 Å². The lowest BCUT2D eigenvalue weighted by molar-refractivity contribution is 0.108. The summed E-state index contributed by atoms with van der Waals surface area (Å²) < 4.78 is 0. The van der Waals surface area contributed by atoms with E-state index in [0.29, 0.717) is 5.54 Å². The minimum Gasteiger partial charge on any atom is -0.298 e. The molecule has 0 aliphatic rings. The molecule has 0 aromatic carbocycles. The summed E-state index contributed by atoms with van der Waals surface area (Å²) in [5.74, 6) is 0. The molecule has 24 heavy (non-hydrogen) atoms. The normalized spacial score (nSPS) is 12.2. The van der Waals surface area contributed by atoms with Gasteiger partial charge in [-0.05, 0) is 46.2 Å². The van der Waals surface area contributed by atoms with Crippen LogP contribution in [0.15, 0.2) is 0 Å². The number of hydrogen-bond donors (Lipinski definition) is 0. The first-order valence-corrected chi connectivity index (χ1v) is 11.3. The van der Waals surface area contributed by atoms with Crippen molar-refractivity contribution in [3.8, 4) is 0 Å². The highest BCUT2D eigenvalue weighted by atomic mass is 15.2. The molecule has 0 aliphatic heterocycles. The van der Waals surface area contributed by atoms with Crippen molar-refractivity contribution >= 4 is 0 Å². The molecule has 0 saturated heterocycles. The highest BCUT2D eigenvalue weighted by Crippen LogP contribution is 2.23. The van der Waals surface area contributed by atoms with E-state index in [1.807, 2.05) is 0 Å². The van der Waals surface area contributed by atoms with Gasteiger partial charge in [-0.3, -0.25) is 4.90 Å². The van der Waals surface area contributed by atoms with Crippen molar-refractivity contribution in [2.45, 2.75) is 136 Å². The van der Waals surface area contributed by atoms with Gasteiger partial charge in [-0.15, -0.1) is 0 Å². The Morgan fingerprint density at radius 1 is 0.500 bits per heavy atom. The average Bonchev–Trinajstić information content (AvgIpc) is 2.55. The Balaban J connectivity index is 3.53. The third-order valence-corrected chi connectivity index (χ3v) is 5.49. The molecule has 0 unspecified atom stereocenters. The number of unbranched alkanes of at least 4 members (excludes halogenated alkanes) is 11. The van der Waals surface area contributed by atoms with Gasteiger partial charge in [0.05, 0.1) is 0 Å². The first-order chi connectivity index (χ1) is 11.6. The molecule has 0 spiro atoms. The molecule has 0 N–H and O–H groups in total. The molecule has 1 nitrogen and oxygen atoms in total. The van der Waals surface area contributed by atoms with Gasteiger partial charge in [-0.2, -0.15) is 0 Å². The first kappa shape index (κ1) is 24.0. The summed E-state index contributed by atoms with van der Waals surface area (Å²) in [5.41, 5.74) is 0.393. The molecule has 0 bridgehead atoms. The summed E-state index contributed by atoms with van der Waals surface area (Å²) in [7, 11) is 0. The van der Waals surface area contributed by atoms with Crippen molar-refractivity contribution < 1.29 is 0 Å². The van der Waals surface area contributed by atoms with Crippen LogP contribution >= 0.6 is 0 Å². The molecule has 1 heteroatoms. The number of rotatable bonds is 18. The summed E-state index contributed by atoms with van der Waals surface area (Å²) in [6.45, 7) is 14.4. The van der Waals surface area contributed by atoms with E-state index < -0.39 is 0 Å². The van der Waals surface area contributed by atoms with Crippen LogP contribution in [-0.4, -0.2) is 23.5 Å². The summed E-state index contributed by atoms with van der Waals surface area (Å²) in [6.07, 6.45) is 21.3. The zero-order valence-corrected chi connectivity index (χ0v) is 18.0. The molecule has 0 rings (SSSR count). The van der Waals surface area contributed by atoms with E-state index in [0.717, 1.165) is 0 Å². The Kier molecular flexibility index (Phi) is 16.4. The third kappa shape index (κ3) is 13.3. The Hall–Kier alpha value is -0.0400. The molecule has 0 aromatic heterocycles. The lowest BCUT2D eigenvalue weighted by Gasteiger charge is -2.38. The van der Waals surface area contributed by atoms with Gasteiger partial charge in [0.25, 0.3) is 0 Å². The molecule has 0 fully saturated rings. The van der Waals surface area contributed by atoms with Gasteiger partial charge in [0, 0.05) is 5.54 Å². The van der Waals surface area contributed by atoms with E-state index in [1.165, 1.54) is 109 Å². The predicted molar refractivity (Wildman–Crippen MR) is 112 cm³/mol. The van der Waals surface area contributed by atoms with E-state index in [2.05, 4.69) is 39.5 Å². The topological polar surface area (TPSA) is 3.24 Å². The Morgan fingerprint density at radius 3 is 1.25 bits per heavy atom. The van der Waals surface area contributed by atoms with Crippen LogP contribution in [0, 0.1) is 0 Å². The summed E-state index contributed by atoms with van der Waals surface area (Å²) in [4.78, 5) is 2.71. The molecular weight excluding hydrogens is 290 g/mol. The molecule has 0 radical (unpaired) electrons. The number of nitrogens with zero attached hydrogens (tertiary/aromatic N) is 1. The molecule has 0 atom stereocenters. The van der Waals surface area contributed by atoms with Gasteiger partial charge >= 0.3 is 0 Å². The molecule has 0 heterocycles. The maximum atomic E-state index is 2.71. The molecule has 0 aliphatic carbocycles. The van der Waals surface area contributed by atoms with Crippen LogP contribution < -0.4 is 0 Å². The van der Waals surface area contributed by atoms with E-state index in [4.69, 9.17) is 0 Å². The highest BCUT2D eigenvalue weighted by molar-refractivity contribution is 4.81. The second kappa shape index (κ2) is 16.4. The summed E-state index contributed by atoms with van der Waals surface area (Å²) >= 11 is 0. The maximum absolute atomic E-state index is 2.71. The Bertz CT molecular complexity index is 240. The van der Waals surface area contributed by atoms with Gasteiger partial charge in [0.1, 0.15) is 0 Å². The molecule has 146 valence electrons. The van der Waals surface area contributed by atoms with Gasteiger partial charge in [-0.25, -0.2) is 0 Å². The quantitative estimate of drug-likeness (QED) is 0.229. The van der Waals surface area contributed by atoms with Gasteiger partial charge in [0.2, 0.25) is 0 Å². The Morgan fingerprint density at radius 2 is 0.875 bits per heavy atom. The van der Waals surface area contributed by atoms with Gasteiger partial charge in [-0.1, -0.05) is 97.8 Å². The molecule has 0 amide bonds. The Labute approximate surface area is 155 Å². The maximum Gasteiger partial charge on any atom is 0.0153 e. The van der Waals surface area contributed by atoms with Crippen molar-refractivity contribution in [3.05, 3.63) is 0 Å². The monoisotopic (exact) mass is 339 g/mol. The predicted octanol–water partition coefficient (Wildman–Crippen LogP) is 7.98. The zero-order chi connectivity index (χ0) is 18.1. The van der Waals surface area contributed by atoms with Crippen molar-refractivity contribution in [2.75, 3.05) is 13.1 Å². The second-order valence-corrected chi connectivity index (χ2v) is 8.44. The smallest absolute Gasteiger partial charge is 0.0153 e. The zero-order valence-electron chi connectivity index (χ0n) is 18.0. The molecular formula is C23H49N. The minimum absolute atomic E-state index is 0.393. The fraction of sp³-hybridized carbons (Fsp3) is 1.00. The fourth-order valence-electron chi connectivity index (χ4n) is 3.81. The van der Waals surface area contributed by atoms with Crippen LogP contribution in [-0.2, 0) is 0 Å². The van der Waals surface area contributed by atoms with Gasteiger partial charge < -0.3 is 0 Å². The van der Waals surface area contributed by atoms with Crippen molar-refractivity contribution in [1.82, 2.24) is 4.90 Å². The largest absolute Gasteiger partial charge is 0.298 e. The fourth-order valence-corrected chi connectivity index (χ4v) is 3.81. The lowest BCUT2D eigenvalue weighted by atomic mass is 9.93. The van der Waals surface area contributed by atoms with E-state index in [-0.39, 0.29) is 0 Å². The highest BCUT2D eigenvalue weighted by Gasteiger charge is 2.24. The van der Waals surface area contributed by atoms with Crippen LogP contribution in [0.25, 0.3) is 0 Å². The van der Waals surface area contributed by atoms with Crippen LogP contribution in [0.2, 0.25) is 0 Å². The second-order valence-electron chi connectivity index (χ2n) is 8.44. The van der Waals surface area contributed by atoms with Crippen LogP contribution in [0.1, 0.15) is 131 Å². The van der Waals surface area contributed by atoms with Gasteiger partial charge in [0.15, 0.2) is 0 Å². The van der Waals surface area contributed by atoms with Crippen molar-refractivity contribution in [3.63, 3.8) is 0 Å². The molecule has 0 saturated carbocycles. The average molecular weight is 340 g/mol. The third-order valence-electron chi connectivity index (χ3n) is 5.49. The summed E-state index contributed by atoms with van der Waals surface area (Å²) in [5, 5.41) is 0. The number of hydrogen-bond acceptors (Lipinski definition) is 1. The lowest BCUT2D eigenvalue weighted by Crippen LogP contribution is -2.44. The van der Waals surface area contributed by atoms with Crippen LogP contribution in [0.5, 0.6) is 0 Å². The van der Waals surface area contributed by atoms with E-state index in [9.17, 15) is 0 Å². The SMILES string of the molecule is CCCCCCCCCCCCCCC(C)(C)N(CCC)CCC. The van der Waals surface area contributed by atoms with Crippen molar-refractivity contribution in [1.29, 1.82) is 0 Å². The van der Waals surface area contributed by atoms with E-state index in [1.54, 1.807) is 0 Å². The standard InChI is InChI=1S/C23H49N/c1-6-9-10-11-12-13-14-15-16-17-18-19-20-23(4,5)24(21-7-2)22-8-3/h6-22H2,1-5H3.